The van der Waals surface area contributed by atoms with E-state index in [0.29, 0.717) is 35.4 Å². The van der Waals surface area contributed by atoms with Gasteiger partial charge in [0.1, 0.15) is 0 Å². The Morgan fingerprint density at radius 3 is 2.65 bits per heavy atom. The number of rotatable bonds is 2. The fraction of sp³-hybridized carbons (Fsp3) is 0.364. The van der Waals surface area contributed by atoms with E-state index in [2.05, 4.69) is 21.2 Å². The van der Waals surface area contributed by atoms with Gasteiger partial charge in [-0.15, -0.1) is 0 Å². The highest BCUT2D eigenvalue weighted by atomic mass is 79.9. The second kappa shape index (κ2) is 5.60. The number of halogens is 2. The largest absolute Gasteiger partial charge is 0.490 e. The van der Waals surface area contributed by atoms with E-state index in [1.807, 2.05) is 0 Å². The van der Waals surface area contributed by atoms with Gasteiger partial charge in [-0.25, -0.2) is 0 Å². The molecule has 0 aliphatic carbocycles. The Labute approximate surface area is 112 Å². The minimum absolute atomic E-state index is 0.165. The molecule has 2 rings (SSSR count). The minimum Gasteiger partial charge on any atom is -0.490 e. The van der Waals surface area contributed by atoms with Crippen molar-refractivity contribution in [3.8, 4) is 11.5 Å². The summed E-state index contributed by atoms with van der Waals surface area (Å²) >= 11 is 9.12. The lowest BCUT2D eigenvalue weighted by Crippen LogP contribution is -2.12. The summed E-state index contributed by atoms with van der Waals surface area (Å²) in [6.45, 7) is 1.21. The van der Waals surface area contributed by atoms with Crippen LogP contribution in [0.15, 0.2) is 12.1 Å². The molecule has 1 heterocycles. The molecule has 6 heteroatoms. The van der Waals surface area contributed by atoms with E-state index in [0.717, 1.165) is 6.42 Å². The third-order valence-electron chi connectivity index (χ3n) is 2.23. The Kier molecular flexibility index (Phi) is 4.12. The van der Waals surface area contributed by atoms with Gasteiger partial charge >= 0.3 is 0 Å². The first-order chi connectivity index (χ1) is 8.20. The van der Waals surface area contributed by atoms with Crippen LogP contribution >= 0.6 is 27.5 Å². The van der Waals surface area contributed by atoms with Gasteiger partial charge in [0.15, 0.2) is 11.5 Å². The molecule has 17 heavy (non-hydrogen) atoms. The molecule has 1 aliphatic rings. The van der Waals surface area contributed by atoms with Gasteiger partial charge in [-0.05, 0) is 0 Å². The topological polar surface area (TPSA) is 47.6 Å². The van der Waals surface area contributed by atoms with Crippen LogP contribution in [0.1, 0.15) is 6.42 Å². The number of hydrogen-bond donors (Lipinski definition) is 1. The number of alkyl halides is 1. The highest BCUT2D eigenvalue weighted by molar-refractivity contribution is 9.09. The average molecular weight is 321 g/mol. The molecule has 0 atom stereocenters. The Morgan fingerprint density at radius 2 is 2.00 bits per heavy atom. The van der Waals surface area contributed by atoms with Gasteiger partial charge in [0.25, 0.3) is 0 Å². The van der Waals surface area contributed by atoms with E-state index in [1.165, 1.54) is 0 Å². The van der Waals surface area contributed by atoms with E-state index in [1.54, 1.807) is 12.1 Å². The lowest BCUT2D eigenvalue weighted by molar-refractivity contribution is -0.113. The first-order valence-electron chi connectivity index (χ1n) is 5.15. The number of amides is 1. The van der Waals surface area contributed by atoms with Crippen molar-refractivity contribution >= 4 is 39.1 Å². The quantitative estimate of drug-likeness (QED) is 0.852. The zero-order valence-corrected chi connectivity index (χ0v) is 11.3. The van der Waals surface area contributed by atoms with Crippen LogP contribution in [0.2, 0.25) is 5.02 Å². The van der Waals surface area contributed by atoms with Gasteiger partial charge in [0, 0.05) is 18.6 Å². The van der Waals surface area contributed by atoms with Crippen molar-refractivity contribution in [1.29, 1.82) is 0 Å². The van der Waals surface area contributed by atoms with E-state index >= 15 is 0 Å². The molecule has 92 valence electrons. The van der Waals surface area contributed by atoms with Gasteiger partial charge in [0.2, 0.25) is 5.91 Å². The van der Waals surface area contributed by atoms with Gasteiger partial charge in [0.05, 0.1) is 29.3 Å². The number of anilines is 1. The SMILES string of the molecule is O=C(CBr)Nc1cc2c(cc1Cl)OCCCO2. The first-order valence-corrected chi connectivity index (χ1v) is 6.65. The molecule has 0 unspecified atom stereocenters. The lowest BCUT2D eigenvalue weighted by Gasteiger charge is -2.11. The van der Waals surface area contributed by atoms with Crippen LogP contribution < -0.4 is 14.8 Å². The Hall–Kier alpha value is -0.940. The number of nitrogens with one attached hydrogen (secondary N) is 1. The van der Waals surface area contributed by atoms with Crippen LogP contribution in [0.4, 0.5) is 5.69 Å². The van der Waals surface area contributed by atoms with Gasteiger partial charge < -0.3 is 14.8 Å². The van der Waals surface area contributed by atoms with Crippen molar-refractivity contribution in [2.24, 2.45) is 0 Å². The Bertz CT molecular complexity index is 439. The molecule has 0 saturated carbocycles. The molecular weight excluding hydrogens is 309 g/mol. The van der Waals surface area contributed by atoms with Crippen LogP contribution in [0.5, 0.6) is 11.5 Å². The number of hydrogen-bond acceptors (Lipinski definition) is 3. The molecule has 4 nitrogen and oxygen atoms in total. The molecule has 1 aromatic rings. The molecule has 1 aromatic carbocycles. The zero-order chi connectivity index (χ0) is 12.3. The van der Waals surface area contributed by atoms with Crippen LogP contribution in [0.25, 0.3) is 0 Å². The van der Waals surface area contributed by atoms with Crippen LogP contribution in [-0.4, -0.2) is 24.5 Å². The number of ether oxygens (including phenoxy) is 2. The Morgan fingerprint density at radius 1 is 1.35 bits per heavy atom. The molecular formula is C11H11BrClNO3. The standard InChI is InChI=1S/C11H11BrClNO3/c12-6-11(15)14-8-5-10-9(4-7(8)13)16-2-1-3-17-10/h4-5H,1-3,6H2,(H,14,15). The maximum Gasteiger partial charge on any atom is 0.235 e. The van der Waals surface area contributed by atoms with Gasteiger partial charge in [-0.1, -0.05) is 27.5 Å². The summed E-state index contributed by atoms with van der Waals surface area (Å²) in [6.07, 6.45) is 0.829. The number of fused-ring (bicyclic) bond motifs is 1. The molecule has 0 radical (unpaired) electrons. The highest BCUT2D eigenvalue weighted by Crippen LogP contribution is 2.37. The van der Waals surface area contributed by atoms with E-state index in [4.69, 9.17) is 21.1 Å². The number of benzene rings is 1. The zero-order valence-electron chi connectivity index (χ0n) is 8.96. The molecule has 0 aromatic heterocycles. The third-order valence-corrected chi connectivity index (χ3v) is 3.05. The normalized spacial score (nSPS) is 14.0. The molecule has 1 amide bonds. The summed E-state index contributed by atoms with van der Waals surface area (Å²) in [5, 5.41) is 3.33. The number of carbonyl (C=O) groups excluding carboxylic acids is 1. The predicted octanol–water partition coefficient (Wildman–Crippen LogP) is 2.83. The average Bonchev–Trinajstić information content (AvgIpc) is 2.54. The smallest absolute Gasteiger partial charge is 0.235 e. The van der Waals surface area contributed by atoms with Crippen molar-refractivity contribution in [3.05, 3.63) is 17.2 Å². The van der Waals surface area contributed by atoms with E-state index in [-0.39, 0.29) is 11.2 Å². The maximum atomic E-state index is 11.3. The molecule has 0 bridgehead atoms. The molecule has 0 fully saturated rings. The van der Waals surface area contributed by atoms with Crippen molar-refractivity contribution in [3.63, 3.8) is 0 Å². The highest BCUT2D eigenvalue weighted by Gasteiger charge is 2.15. The maximum absolute atomic E-state index is 11.3. The molecule has 1 aliphatic heterocycles. The first kappa shape index (κ1) is 12.5. The van der Waals surface area contributed by atoms with Gasteiger partial charge in [-0.2, -0.15) is 0 Å². The fourth-order valence-corrected chi connectivity index (χ4v) is 1.80. The molecule has 0 saturated heterocycles. The summed E-state index contributed by atoms with van der Waals surface area (Å²) in [4.78, 5) is 11.3. The summed E-state index contributed by atoms with van der Waals surface area (Å²) < 4.78 is 11.0. The van der Waals surface area contributed by atoms with Crippen LogP contribution in [-0.2, 0) is 4.79 Å². The second-order valence-electron chi connectivity index (χ2n) is 3.51. The molecule has 1 N–H and O–H groups in total. The minimum atomic E-state index is -0.165. The fourth-order valence-electron chi connectivity index (χ4n) is 1.46. The van der Waals surface area contributed by atoms with Crippen LogP contribution in [0.3, 0.4) is 0 Å². The van der Waals surface area contributed by atoms with Crippen LogP contribution in [0, 0.1) is 0 Å². The van der Waals surface area contributed by atoms with E-state index in [9.17, 15) is 4.79 Å². The molecule has 0 spiro atoms. The summed E-state index contributed by atoms with van der Waals surface area (Å²) in [5.74, 6) is 1.06. The van der Waals surface area contributed by atoms with E-state index < -0.39 is 0 Å². The summed E-state index contributed by atoms with van der Waals surface area (Å²) in [5.41, 5.74) is 0.528. The van der Waals surface area contributed by atoms with Gasteiger partial charge in [-0.3, -0.25) is 4.79 Å². The third kappa shape index (κ3) is 3.04. The predicted molar refractivity (Wildman–Crippen MR) is 69.5 cm³/mol. The number of carbonyl (C=O) groups is 1. The summed E-state index contributed by atoms with van der Waals surface area (Å²) in [7, 11) is 0. The van der Waals surface area contributed by atoms with Crippen molar-refractivity contribution in [2.75, 3.05) is 23.9 Å². The van der Waals surface area contributed by atoms with Crippen molar-refractivity contribution in [2.45, 2.75) is 6.42 Å². The monoisotopic (exact) mass is 319 g/mol. The summed E-state index contributed by atoms with van der Waals surface area (Å²) in [6, 6.07) is 3.34. The Balaban J connectivity index is 2.28. The lowest BCUT2D eigenvalue weighted by atomic mass is 10.2. The van der Waals surface area contributed by atoms with Crippen molar-refractivity contribution < 1.29 is 14.3 Å². The second-order valence-corrected chi connectivity index (χ2v) is 4.48. The van der Waals surface area contributed by atoms with Crippen molar-refractivity contribution in [1.82, 2.24) is 0 Å².